The molecule has 0 spiro atoms. The molecule has 0 aromatic carbocycles. The molecule has 26 heavy (non-hydrogen) atoms. The van der Waals surface area contributed by atoms with Crippen molar-refractivity contribution in [2.24, 2.45) is 0 Å². The number of hydrogen-bond donors (Lipinski definition) is 3. The molecular formula is C16H23N3O7. The summed E-state index contributed by atoms with van der Waals surface area (Å²) in [4.78, 5) is 48.1. The molecular weight excluding hydrogens is 346 g/mol. The molecule has 3 N–H and O–H groups in total. The molecule has 1 fully saturated rings. The van der Waals surface area contributed by atoms with Crippen LogP contribution in [0.15, 0.2) is 15.8 Å². The minimum absolute atomic E-state index is 0.193. The number of aliphatic carboxylic acids is 1. The molecule has 144 valence electrons. The largest absolute Gasteiger partial charge is 0.481 e. The third-order valence-electron chi connectivity index (χ3n) is 4.32. The Morgan fingerprint density at radius 3 is 2.77 bits per heavy atom. The zero-order chi connectivity index (χ0) is 19.4. The van der Waals surface area contributed by atoms with E-state index in [4.69, 9.17) is 14.6 Å². The van der Waals surface area contributed by atoms with Gasteiger partial charge >= 0.3 is 17.6 Å². The lowest BCUT2D eigenvalue weighted by Crippen LogP contribution is -2.42. The van der Waals surface area contributed by atoms with Gasteiger partial charge in [0.25, 0.3) is 5.56 Å². The number of hydrogen-bond acceptors (Lipinski definition) is 7. The van der Waals surface area contributed by atoms with Crippen LogP contribution in [-0.2, 0) is 19.1 Å². The zero-order valence-corrected chi connectivity index (χ0v) is 14.9. The Morgan fingerprint density at radius 1 is 1.46 bits per heavy atom. The number of esters is 1. The normalized spacial score (nSPS) is 23.6. The van der Waals surface area contributed by atoms with Crippen molar-refractivity contribution in [3.8, 4) is 0 Å². The van der Waals surface area contributed by atoms with Crippen molar-refractivity contribution in [1.82, 2.24) is 14.9 Å². The number of nitrogens with one attached hydrogen (secondary N) is 2. The number of ether oxygens (including phenoxy) is 2. The maximum absolute atomic E-state index is 12.0. The molecule has 1 aliphatic heterocycles. The monoisotopic (exact) mass is 369 g/mol. The third kappa shape index (κ3) is 4.58. The fourth-order valence-corrected chi connectivity index (χ4v) is 2.92. The lowest BCUT2D eigenvalue weighted by atomic mass is 10.1. The fraction of sp³-hybridized carbons (Fsp3) is 0.625. The highest BCUT2D eigenvalue weighted by molar-refractivity contribution is 5.76. The minimum Gasteiger partial charge on any atom is -0.481 e. The predicted molar refractivity (Wildman–Crippen MR) is 89.9 cm³/mol. The van der Waals surface area contributed by atoms with Crippen LogP contribution in [0, 0.1) is 6.92 Å². The number of aromatic amines is 1. The number of rotatable bonds is 7. The van der Waals surface area contributed by atoms with E-state index in [9.17, 15) is 19.2 Å². The van der Waals surface area contributed by atoms with Crippen LogP contribution in [-0.4, -0.2) is 51.9 Å². The summed E-state index contributed by atoms with van der Waals surface area (Å²) in [7, 11) is 1.73. The lowest BCUT2D eigenvalue weighted by Gasteiger charge is -2.24. The van der Waals surface area contributed by atoms with Crippen molar-refractivity contribution in [2.45, 2.75) is 57.6 Å². The zero-order valence-electron chi connectivity index (χ0n) is 14.9. The van der Waals surface area contributed by atoms with Gasteiger partial charge in [0.1, 0.15) is 18.4 Å². The molecule has 0 aliphatic carbocycles. The standard InChI is InChI=1S/C16H23N3O7/c1-8-7-19(16(24)18-15(8)23)11-6-10(17-3)14(26-11)9(2)25-13(22)5-4-12(20)21/h7,9-11,14,17H,4-6H2,1-3H3,(H,20,21)(H,18,23,24)/t9-,10-,11+,14?/m0/s1. The maximum atomic E-state index is 12.0. The highest BCUT2D eigenvalue weighted by Gasteiger charge is 2.40. The van der Waals surface area contributed by atoms with E-state index in [0.717, 1.165) is 0 Å². The Kier molecular flexibility index (Phi) is 6.32. The molecule has 0 saturated carbocycles. The molecule has 0 amide bonds. The molecule has 1 aromatic heterocycles. The van der Waals surface area contributed by atoms with E-state index in [2.05, 4.69) is 10.3 Å². The van der Waals surface area contributed by atoms with Gasteiger partial charge in [-0.1, -0.05) is 0 Å². The summed E-state index contributed by atoms with van der Waals surface area (Å²) in [6, 6.07) is -0.193. The van der Waals surface area contributed by atoms with Gasteiger partial charge < -0.3 is 19.9 Å². The summed E-state index contributed by atoms with van der Waals surface area (Å²) < 4.78 is 12.5. The maximum Gasteiger partial charge on any atom is 0.330 e. The number of carbonyl (C=O) groups is 2. The van der Waals surface area contributed by atoms with Gasteiger partial charge in [0.2, 0.25) is 0 Å². The smallest absolute Gasteiger partial charge is 0.330 e. The molecule has 1 saturated heterocycles. The first kappa shape index (κ1) is 19.9. The number of aryl methyl sites for hydroxylation is 1. The molecule has 1 aliphatic rings. The summed E-state index contributed by atoms with van der Waals surface area (Å²) in [5, 5.41) is 11.7. The molecule has 2 rings (SSSR count). The third-order valence-corrected chi connectivity index (χ3v) is 4.32. The number of H-pyrrole nitrogens is 1. The summed E-state index contributed by atoms with van der Waals surface area (Å²) in [5.74, 6) is -1.70. The quantitative estimate of drug-likeness (QED) is 0.547. The van der Waals surface area contributed by atoms with Crippen LogP contribution < -0.4 is 16.6 Å². The number of carboxylic acid groups (broad SMARTS) is 1. The van der Waals surface area contributed by atoms with Gasteiger partial charge in [0.05, 0.1) is 12.8 Å². The first-order chi connectivity index (χ1) is 12.2. The summed E-state index contributed by atoms with van der Waals surface area (Å²) in [6.07, 6.45) is -0.453. The van der Waals surface area contributed by atoms with E-state index in [1.165, 1.54) is 10.8 Å². The number of likely N-dealkylation sites (N-methyl/N-ethyl adjacent to an activating group) is 1. The van der Waals surface area contributed by atoms with Crippen LogP contribution in [0.4, 0.5) is 0 Å². The Hall–Kier alpha value is -2.46. The van der Waals surface area contributed by atoms with Crippen LogP contribution >= 0.6 is 0 Å². The van der Waals surface area contributed by atoms with E-state index >= 15 is 0 Å². The van der Waals surface area contributed by atoms with Crippen LogP contribution in [0.1, 0.15) is 38.0 Å². The predicted octanol–water partition coefficient (Wildman–Crippen LogP) is -0.483. The molecule has 1 unspecified atom stereocenters. The lowest BCUT2D eigenvalue weighted by molar-refractivity contribution is -0.159. The number of aromatic nitrogens is 2. The van der Waals surface area contributed by atoms with Gasteiger partial charge in [-0.15, -0.1) is 0 Å². The number of carbonyl (C=O) groups excluding carboxylic acids is 1. The highest BCUT2D eigenvalue weighted by Crippen LogP contribution is 2.30. The number of carboxylic acids is 1. The van der Waals surface area contributed by atoms with Crippen molar-refractivity contribution in [3.05, 3.63) is 32.6 Å². The second kappa shape index (κ2) is 8.28. The molecule has 10 nitrogen and oxygen atoms in total. The summed E-state index contributed by atoms with van der Waals surface area (Å²) in [6.45, 7) is 3.24. The fourth-order valence-electron chi connectivity index (χ4n) is 2.92. The molecule has 0 radical (unpaired) electrons. The Labute approximate surface area is 149 Å². The topological polar surface area (TPSA) is 140 Å². The Balaban J connectivity index is 2.10. The van der Waals surface area contributed by atoms with Crippen molar-refractivity contribution in [1.29, 1.82) is 0 Å². The Bertz CT molecular complexity index is 785. The van der Waals surface area contributed by atoms with Crippen LogP contribution in [0.3, 0.4) is 0 Å². The van der Waals surface area contributed by atoms with Crippen molar-refractivity contribution in [3.63, 3.8) is 0 Å². The van der Waals surface area contributed by atoms with Crippen molar-refractivity contribution >= 4 is 11.9 Å². The van der Waals surface area contributed by atoms with Gasteiger partial charge in [0, 0.05) is 24.2 Å². The van der Waals surface area contributed by atoms with Crippen LogP contribution in [0.25, 0.3) is 0 Å². The molecule has 1 aromatic rings. The van der Waals surface area contributed by atoms with Gasteiger partial charge in [-0.2, -0.15) is 0 Å². The molecule has 0 bridgehead atoms. The average Bonchev–Trinajstić information content (AvgIpc) is 3.00. The van der Waals surface area contributed by atoms with Crippen LogP contribution in [0.2, 0.25) is 0 Å². The van der Waals surface area contributed by atoms with Gasteiger partial charge in [0.15, 0.2) is 0 Å². The average molecular weight is 369 g/mol. The van der Waals surface area contributed by atoms with Gasteiger partial charge in [-0.3, -0.25) is 23.9 Å². The second-order valence-electron chi connectivity index (χ2n) is 6.25. The second-order valence-corrected chi connectivity index (χ2v) is 6.25. The molecule has 2 heterocycles. The first-order valence-electron chi connectivity index (χ1n) is 8.29. The SMILES string of the molecule is CN[C@H]1C[C@H](n2cc(C)c(=O)[nH]c2=O)OC1[C@H](C)OC(=O)CCC(=O)O. The molecule has 4 atom stereocenters. The van der Waals surface area contributed by atoms with Gasteiger partial charge in [-0.05, 0) is 20.9 Å². The van der Waals surface area contributed by atoms with E-state index in [0.29, 0.717) is 12.0 Å². The minimum atomic E-state index is -1.08. The van der Waals surface area contributed by atoms with E-state index in [1.807, 2.05) is 0 Å². The van der Waals surface area contributed by atoms with Crippen molar-refractivity contribution < 1.29 is 24.2 Å². The molecule has 10 heteroatoms. The van der Waals surface area contributed by atoms with E-state index in [1.54, 1.807) is 20.9 Å². The first-order valence-corrected chi connectivity index (χ1v) is 8.29. The van der Waals surface area contributed by atoms with Crippen LogP contribution in [0.5, 0.6) is 0 Å². The number of nitrogens with zero attached hydrogens (tertiary/aromatic N) is 1. The summed E-state index contributed by atoms with van der Waals surface area (Å²) in [5.41, 5.74) is -0.648. The van der Waals surface area contributed by atoms with Gasteiger partial charge in [-0.25, -0.2) is 4.79 Å². The van der Waals surface area contributed by atoms with E-state index in [-0.39, 0.29) is 18.9 Å². The highest BCUT2D eigenvalue weighted by atomic mass is 16.6. The Morgan fingerprint density at radius 2 is 2.15 bits per heavy atom. The van der Waals surface area contributed by atoms with E-state index < -0.39 is 41.6 Å². The summed E-state index contributed by atoms with van der Waals surface area (Å²) >= 11 is 0. The van der Waals surface area contributed by atoms with Crippen molar-refractivity contribution in [2.75, 3.05) is 7.05 Å².